The Morgan fingerprint density at radius 1 is 0.710 bits per heavy atom. The summed E-state index contributed by atoms with van der Waals surface area (Å²) in [6, 6.07) is 11.6. The van der Waals surface area contributed by atoms with Crippen LogP contribution in [0.5, 0.6) is 0 Å². The van der Waals surface area contributed by atoms with Crippen LogP contribution >= 0.6 is 0 Å². The first-order valence-electron chi connectivity index (χ1n) is 8.78. The molecule has 0 unspecified atom stereocenters. The standard InChI is InChI=1S/C21H12F6N2O2/c22-20(23,24)14-10-16(11-5-2-1-3-6-11)29-17-12-7-4-8-28-18(12)15(9-13(14)17)19(30,31)21(25,26)27/h1-10,30-31H. The van der Waals surface area contributed by atoms with E-state index in [1.165, 1.54) is 12.1 Å². The Balaban J connectivity index is 2.19. The predicted octanol–water partition coefficient (Wildman–Crippen LogP) is 5.17. The maximum atomic E-state index is 13.9. The van der Waals surface area contributed by atoms with Crippen molar-refractivity contribution in [1.29, 1.82) is 0 Å². The SMILES string of the molecule is OC(O)(c1cc2c(C(F)(F)F)cc(-c3ccccc3)nc2c2cccnc12)C(F)(F)F. The zero-order valence-corrected chi connectivity index (χ0v) is 15.3. The number of nitrogens with zero attached hydrogens (tertiary/aromatic N) is 2. The van der Waals surface area contributed by atoms with E-state index in [0.29, 0.717) is 17.7 Å². The van der Waals surface area contributed by atoms with Crippen molar-refractivity contribution >= 4 is 21.8 Å². The first kappa shape index (κ1) is 21.0. The van der Waals surface area contributed by atoms with E-state index in [9.17, 15) is 36.6 Å². The Labute approximate surface area is 170 Å². The molecule has 0 radical (unpaired) electrons. The number of aliphatic hydroxyl groups is 2. The Kier molecular flexibility index (Phi) is 4.67. The van der Waals surface area contributed by atoms with Crippen LogP contribution in [0.15, 0.2) is 60.8 Å². The van der Waals surface area contributed by atoms with Crippen LogP contribution in [0, 0.1) is 0 Å². The number of hydrogen-bond acceptors (Lipinski definition) is 4. The van der Waals surface area contributed by atoms with E-state index in [1.54, 1.807) is 30.3 Å². The van der Waals surface area contributed by atoms with Gasteiger partial charge in [0.05, 0.1) is 22.3 Å². The van der Waals surface area contributed by atoms with Crippen LogP contribution in [0.3, 0.4) is 0 Å². The highest BCUT2D eigenvalue weighted by atomic mass is 19.4. The van der Waals surface area contributed by atoms with Crippen molar-refractivity contribution in [2.75, 3.05) is 0 Å². The molecule has 4 rings (SSSR count). The summed E-state index contributed by atoms with van der Waals surface area (Å²) in [5.74, 6) is -4.42. The van der Waals surface area contributed by atoms with Gasteiger partial charge in [0, 0.05) is 28.1 Å². The fourth-order valence-electron chi connectivity index (χ4n) is 3.34. The average molecular weight is 438 g/mol. The monoisotopic (exact) mass is 438 g/mol. The van der Waals surface area contributed by atoms with Gasteiger partial charge in [-0.1, -0.05) is 30.3 Å². The third-order valence-corrected chi connectivity index (χ3v) is 4.81. The summed E-state index contributed by atoms with van der Waals surface area (Å²) in [5.41, 5.74) is -2.95. The molecule has 0 aliphatic rings. The van der Waals surface area contributed by atoms with Crippen molar-refractivity contribution in [2.24, 2.45) is 0 Å². The van der Waals surface area contributed by atoms with E-state index in [1.807, 2.05) is 0 Å². The second-order valence-electron chi connectivity index (χ2n) is 6.81. The summed E-state index contributed by atoms with van der Waals surface area (Å²) < 4.78 is 81.6. The van der Waals surface area contributed by atoms with Crippen LogP contribution in [-0.2, 0) is 12.0 Å². The average Bonchev–Trinajstić information content (AvgIpc) is 2.71. The molecule has 160 valence electrons. The van der Waals surface area contributed by atoms with Crippen LogP contribution in [0.2, 0.25) is 0 Å². The number of aromatic nitrogens is 2. The first-order chi connectivity index (χ1) is 14.4. The van der Waals surface area contributed by atoms with Crippen molar-refractivity contribution < 1.29 is 36.6 Å². The van der Waals surface area contributed by atoms with Crippen LogP contribution in [0.25, 0.3) is 33.1 Å². The van der Waals surface area contributed by atoms with E-state index < -0.39 is 40.2 Å². The van der Waals surface area contributed by atoms with E-state index in [4.69, 9.17) is 0 Å². The van der Waals surface area contributed by atoms with E-state index in [2.05, 4.69) is 9.97 Å². The van der Waals surface area contributed by atoms with Gasteiger partial charge in [0.25, 0.3) is 5.79 Å². The summed E-state index contributed by atoms with van der Waals surface area (Å²) in [6.07, 6.45) is -9.44. The first-order valence-corrected chi connectivity index (χ1v) is 8.78. The molecule has 2 N–H and O–H groups in total. The van der Waals surface area contributed by atoms with Crippen molar-refractivity contribution in [1.82, 2.24) is 9.97 Å². The molecule has 0 spiro atoms. The lowest BCUT2D eigenvalue weighted by atomic mass is 9.94. The molecule has 0 aliphatic heterocycles. The minimum atomic E-state index is -5.58. The van der Waals surface area contributed by atoms with Crippen molar-refractivity contribution in [3.63, 3.8) is 0 Å². The van der Waals surface area contributed by atoms with Crippen LogP contribution in [0.4, 0.5) is 26.3 Å². The molecule has 0 saturated carbocycles. The van der Waals surface area contributed by atoms with Crippen LogP contribution in [0.1, 0.15) is 11.1 Å². The number of benzene rings is 2. The van der Waals surface area contributed by atoms with Gasteiger partial charge in [0.15, 0.2) is 0 Å². The van der Waals surface area contributed by atoms with Crippen LogP contribution < -0.4 is 0 Å². The van der Waals surface area contributed by atoms with Gasteiger partial charge in [0.2, 0.25) is 0 Å². The topological polar surface area (TPSA) is 66.2 Å². The van der Waals surface area contributed by atoms with Gasteiger partial charge in [-0.25, -0.2) is 4.98 Å². The molecular formula is C21H12F6N2O2. The Bertz CT molecular complexity index is 1280. The number of fused-ring (bicyclic) bond motifs is 3. The highest BCUT2D eigenvalue weighted by Gasteiger charge is 2.55. The number of halogens is 6. The molecule has 0 fully saturated rings. The summed E-state index contributed by atoms with van der Waals surface area (Å²) in [5, 5.41) is 18.7. The number of alkyl halides is 6. The molecule has 0 amide bonds. The van der Waals surface area contributed by atoms with E-state index in [-0.39, 0.29) is 16.6 Å². The fourth-order valence-corrected chi connectivity index (χ4v) is 3.34. The molecule has 0 aliphatic carbocycles. The normalized spacial score (nSPS) is 13.2. The molecule has 0 bridgehead atoms. The summed E-state index contributed by atoms with van der Waals surface area (Å²) in [6.45, 7) is 0. The third kappa shape index (κ3) is 3.47. The molecule has 0 saturated heterocycles. The molecular weight excluding hydrogens is 426 g/mol. The van der Waals surface area contributed by atoms with Gasteiger partial charge in [-0.05, 0) is 24.3 Å². The molecule has 2 heterocycles. The Morgan fingerprint density at radius 3 is 2.00 bits per heavy atom. The molecule has 2 aromatic carbocycles. The molecule has 2 aromatic heterocycles. The predicted molar refractivity (Wildman–Crippen MR) is 99.7 cm³/mol. The number of rotatable bonds is 2. The second kappa shape index (κ2) is 6.89. The van der Waals surface area contributed by atoms with Gasteiger partial charge in [-0.3, -0.25) is 4.98 Å². The van der Waals surface area contributed by atoms with Crippen molar-refractivity contribution in [3.05, 3.63) is 71.9 Å². The maximum Gasteiger partial charge on any atom is 0.447 e. The molecule has 4 nitrogen and oxygen atoms in total. The summed E-state index contributed by atoms with van der Waals surface area (Å²) in [7, 11) is 0. The number of hydrogen-bond donors (Lipinski definition) is 2. The fraction of sp³-hybridized carbons (Fsp3) is 0.143. The van der Waals surface area contributed by atoms with Gasteiger partial charge < -0.3 is 10.2 Å². The highest BCUT2D eigenvalue weighted by molar-refractivity contribution is 6.07. The zero-order chi connectivity index (χ0) is 22.6. The summed E-state index contributed by atoms with van der Waals surface area (Å²) in [4.78, 5) is 8.01. The molecule has 4 aromatic rings. The number of pyridine rings is 2. The van der Waals surface area contributed by atoms with Crippen molar-refractivity contribution in [2.45, 2.75) is 18.1 Å². The highest BCUT2D eigenvalue weighted by Crippen LogP contribution is 2.44. The largest absolute Gasteiger partial charge is 0.447 e. The minimum absolute atomic E-state index is 0.0478. The van der Waals surface area contributed by atoms with Gasteiger partial charge >= 0.3 is 12.4 Å². The molecule has 10 heteroatoms. The second-order valence-corrected chi connectivity index (χ2v) is 6.81. The molecule has 31 heavy (non-hydrogen) atoms. The Hall–Kier alpha value is -3.24. The van der Waals surface area contributed by atoms with Crippen LogP contribution in [-0.4, -0.2) is 26.4 Å². The summed E-state index contributed by atoms with van der Waals surface area (Å²) >= 11 is 0. The maximum absolute atomic E-state index is 13.9. The zero-order valence-electron chi connectivity index (χ0n) is 15.3. The van der Waals surface area contributed by atoms with Gasteiger partial charge in [-0.2, -0.15) is 26.3 Å². The lowest BCUT2D eigenvalue weighted by molar-refractivity contribution is -0.357. The third-order valence-electron chi connectivity index (χ3n) is 4.81. The quantitative estimate of drug-likeness (QED) is 0.258. The Morgan fingerprint density at radius 2 is 1.39 bits per heavy atom. The lowest BCUT2D eigenvalue weighted by Gasteiger charge is -2.26. The van der Waals surface area contributed by atoms with E-state index >= 15 is 0 Å². The lowest BCUT2D eigenvalue weighted by Crippen LogP contribution is -2.42. The smallest absolute Gasteiger partial charge is 0.355 e. The minimum Gasteiger partial charge on any atom is -0.355 e. The van der Waals surface area contributed by atoms with Gasteiger partial charge in [0.1, 0.15) is 0 Å². The van der Waals surface area contributed by atoms with E-state index in [0.717, 1.165) is 6.20 Å². The van der Waals surface area contributed by atoms with Crippen molar-refractivity contribution in [3.8, 4) is 11.3 Å². The van der Waals surface area contributed by atoms with Gasteiger partial charge in [-0.15, -0.1) is 0 Å². The molecule has 0 atom stereocenters.